The molecule has 0 amide bonds. The Balaban J connectivity index is 1.65. The van der Waals surface area contributed by atoms with Crippen molar-refractivity contribution >= 4 is 31.3 Å². The van der Waals surface area contributed by atoms with Crippen LogP contribution in [-0.4, -0.2) is 33.0 Å². The summed E-state index contributed by atoms with van der Waals surface area (Å²) in [4.78, 5) is 0. The molecule has 2 fully saturated rings. The molecule has 112 valence electrons. The molecule has 3 heterocycles. The number of fused-ring (bicyclic) bond motifs is 1. The van der Waals surface area contributed by atoms with Crippen LogP contribution in [0.2, 0.25) is 0 Å². The van der Waals surface area contributed by atoms with Crippen LogP contribution in [0.15, 0.2) is 29.6 Å². The molecule has 21 heavy (non-hydrogen) atoms. The Labute approximate surface area is 129 Å². The number of hydrogen-bond donors (Lipinski definition) is 1. The van der Waals surface area contributed by atoms with Crippen molar-refractivity contribution in [1.82, 2.24) is 5.32 Å². The van der Waals surface area contributed by atoms with Crippen LogP contribution in [0.3, 0.4) is 0 Å². The number of nitrogens with one attached hydrogen (secondary N) is 1. The van der Waals surface area contributed by atoms with E-state index >= 15 is 0 Å². The first-order valence-corrected chi connectivity index (χ1v) is 10.1. The molecule has 0 bridgehead atoms. The molecule has 0 saturated carbocycles. The number of benzene rings is 1. The first kappa shape index (κ1) is 13.7. The molecular weight excluding hydrogens is 302 g/mol. The zero-order chi connectivity index (χ0) is 14.5. The van der Waals surface area contributed by atoms with Gasteiger partial charge in [0.15, 0.2) is 9.84 Å². The smallest absolute Gasteiger partial charge is 0.150 e. The van der Waals surface area contributed by atoms with Gasteiger partial charge in [-0.3, -0.25) is 0 Å². The van der Waals surface area contributed by atoms with Crippen molar-refractivity contribution in [3.8, 4) is 0 Å². The molecule has 1 aromatic heterocycles. The first-order valence-electron chi connectivity index (χ1n) is 7.44. The Bertz CT molecular complexity index is 774. The van der Waals surface area contributed by atoms with E-state index in [2.05, 4.69) is 35.0 Å². The Morgan fingerprint density at radius 2 is 2.10 bits per heavy atom. The lowest BCUT2D eigenvalue weighted by atomic mass is 9.67. The van der Waals surface area contributed by atoms with E-state index in [1.165, 1.54) is 15.6 Å². The summed E-state index contributed by atoms with van der Waals surface area (Å²) in [7, 11) is -2.80. The van der Waals surface area contributed by atoms with Gasteiger partial charge >= 0.3 is 0 Å². The zero-order valence-electron chi connectivity index (χ0n) is 11.8. The fourth-order valence-corrected chi connectivity index (χ4v) is 6.74. The minimum Gasteiger partial charge on any atom is -0.315 e. The highest BCUT2D eigenvalue weighted by Crippen LogP contribution is 2.43. The molecule has 5 heteroatoms. The lowest BCUT2D eigenvalue weighted by Gasteiger charge is -2.47. The maximum Gasteiger partial charge on any atom is 0.150 e. The largest absolute Gasteiger partial charge is 0.315 e. The normalized spacial score (nSPS) is 26.8. The molecule has 1 aromatic carbocycles. The van der Waals surface area contributed by atoms with Crippen molar-refractivity contribution in [2.45, 2.75) is 12.8 Å². The Hall–Kier alpha value is -0.910. The highest BCUT2D eigenvalue weighted by atomic mass is 32.2. The third-order valence-corrected chi connectivity index (χ3v) is 7.94. The van der Waals surface area contributed by atoms with Gasteiger partial charge in [-0.05, 0) is 41.2 Å². The van der Waals surface area contributed by atoms with Crippen molar-refractivity contribution < 1.29 is 8.42 Å². The van der Waals surface area contributed by atoms with Gasteiger partial charge in [-0.15, -0.1) is 11.3 Å². The van der Waals surface area contributed by atoms with Crippen LogP contribution in [0.25, 0.3) is 10.1 Å². The summed E-state index contributed by atoms with van der Waals surface area (Å²) < 4.78 is 25.0. The summed E-state index contributed by atoms with van der Waals surface area (Å²) in [6.45, 7) is 1.91. The molecule has 4 rings (SSSR count). The van der Waals surface area contributed by atoms with Gasteiger partial charge in [-0.25, -0.2) is 8.42 Å². The average molecular weight is 321 g/mol. The lowest BCUT2D eigenvalue weighted by Crippen LogP contribution is -2.59. The summed E-state index contributed by atoms with van der Waals surface area (Å²) in [5.74, 6) is 1.09. The summed E-state index contributed by atoms with van der Waals surface area (Å²) in [5, 5.41) is 6.98. The fourth-order valence-electron chi connectivity index (χ4n) is 3.83. The van der Waals surface area contributed by atoms with Crippen LogP contribution in [0.4, 0.5) is 0 Å². The molecule has 2 aliphatic heterocycles. The maximum atomic E-state index is 11.8. The summed E-state index contributed by atoms with van der Waals surface area (Å²) in [5.41, 5.74) is 1.54. The van der Waals surface area contributed by atoms with E-state index in [0.717, 1.165) is 25.9 Å². The van der Waals surface area contributed by atoms with Crippen molar-refractivity contribution in [1.29, 1.82) is 0 Å². The van der Waals surface area contributed by atoms with Crippen LogP contribution in [0.5, 0.6) is 0 Å². The van der Waals surface area contributed by atoms with Crippen molar-refractivity contribution in [2.24, 2.45) is 11.3 Å². The predicted molar refractivity (Wildman–Crippen MR) is 87.6 cm³/mol. The molecule has 2 saturated heterocycles. The van der Waals surface area contributed by atoms with E-state index < -0.39 is 9.84 Å². The van der Waals surface area contributed by atoms with E-state index in [1.54, 1.807) is 11.3 Å². The molecule has 2 aliphatic rings. The molecule has 3 nitrogen and oxygen atoms in total. The molecule has 0 spiro atoms. The van der Waals surface area contributed by atoms with Gasteiger partial charge in [0, 0.05) is 23.2 Å². The molecule has 1 N–H and O–H groups in total. The van der Waals surface area contributed by atoms with Gasteiger partial charge in [0.05, 0.1) is 11.5 Å². The minimum absolute atomic E-state index is 0.146. The second kappa shape index (κ2) is 4.80. The average Bonchev–Trinajstić information content (AvgIpc) is 2.98. The standard InChI is InChI=1S/C16H19NO2S2/c18-21(19)6-5-13(9-21)16(10-17-11-16)7-12-8-20-15-4-2-1-3-14(12)15/h1-4,8,13,17H,5-7,9-11H2. The van der Waals surface area contributed by atoms with Crippen LogP contribution in [0, 0.1) is 11.3 Å². The Morgan fingerprint density at radius 3 is 2.76 bits per heavy atom. The van der Waals surface area contributed by atoms with E-state index in [0.29, 0.717) is 17.4 Å². The Kier molecular flexibility index (Phi) is 3.14. The quantitative estimate of drug-likeness (QED) is 0.944. The van der Waals surface area contributed by atoms with Crippen molar-refractivity contribution in [2.75, 3.05) is 24.6 Å². The fraction of sp³-hybridized carbons (Fsp3) is 0.500. The van der Waals surface area contributed by atoms with E-state index in [4.69, 9.17) is 0 Å². The second-order valence-corrected chi connectivity index (χ2v) is 9.64. The number of rotatable bonds is 3. The maximum absolute atomic E-state index is 11.8. The zero-order valence-corrected chi connectivity index (χ0v) is 13.5. The van der Waals surface area contributed by atoms with Gasteiger partial charge in [0.25, 0.3) is 0 Å². The van der Waals surface area contributed by atoms with Gasteiger partial charge in [0.2, 0.25) is 0 Å². The number of sulfone groups is 1. The summed E-state index contributed by atoms with van der Waals surface area (Å²) in [6.07, 6.45) is 1.84. The molecule has 1 unspecified atom stereocenters. The number of thiophene rings is 1. The minimum atomic E-state index is -2.80. The van der Waals surface area contributed by atoms with Crippen molar-refractivity contribution in [3.63, 3.8) is 0 Å². The second-order valence-electron chi connectivity index (χ2n) is 6.50. The third-order valence-electron chi connectivity index (χ3n) is 5.16. The van der Waals surface area contributed by atoms with Crippen LogP contribution in [-0.2, 0) is 16.3 Å². The lowest BCUT2D eigenvalue weighted by molar-refractivity contribution is 0.0930. The van der Waals surface area contributed by atoms with Crippen LogP contribution in [0.1, 0.15) is 12.0 Å². The molecular formula is C16H19NO2S2. The van der Waals surface area contributed by atoms with Crippen LogP contribution < -0.4 is 5.32 Å². The third kappa shape index (κ3) is 2.31. The van der Waals surface area contributed by atoms with E-state index in [9.17, 15) is 8.42 Å². The molecule has 0 aliphatic carbocycles. The SMILES string of the molecule is O=S1(=O)CCC(C2(Cc3csc4ccccc34)CNC2)C1. The molecule has 2 aromatic rings. The molecule has 1 atom stereocenters. The summed E-state index contributed by atoms with van der Waals surface area (Å²) >= 11 is 1.79. The summed E-state index contributed by atoms with van der Waals surface area (Å²) in [6, 6.07) is 8.51. The van der Waals surface area contributed by atoms with Crippen molar-refractivity contribution in [3.05, 3.63) is 35.2 Å². The molecule has 0 radical (unpaired) electrons. The topological polar surface area (TPSA) is 46.2 Å². The van der Waals surface area contributed by atoms with Gasteiger partial charge in [-0.1, -0.05) is 18.2 Å². The Morgan fingerprint density at radius 1 is 1.29 bits per heavy atom. The van der Waals surface area contributed by atoms with Gasteiger partial charge < -0.3 is 5.32 Å². The van der Waals surface area contributed by atoms with Gasteiger partial charge in [0.1, 0.15) is 0 Å². The van der Waals surface area contributed by atoms with Crippen LogP contribution >= 0.6 is 11.3 Å². The highest BCUT2D eigenvalue weighted by Gasteiger charge is 2.48. The van der Waals surface area contributed by atoms with E-state index in [1.807, 2.05) is 0 Å². The van der Waals surface area contributed by atoms with Gasteiger partial charge in [-0.2, -0.15) is 0 Å². The highest BCUT2D eigenvalue weighted by molar-refractivity contribution is 7.91. The monoisotopic (exact) mass is 321 g/mol. The first-order chi connectivity index (χ1) is 10.1. The van der Waals surface area contributed by atoms with E-state index in [-0.39, 0.29) is 5.41 Å². The predicted octanol–water partition coefficient (Wildman–Crippen LogP) is 2.47. The number of hydrogen-bond acceptors (Lipinski definition) is 4.